The molecule has 0 aliphatic carbocycles. The number of anilines is 1. The van der Waals surface area contributed by atoms with Gasteiger partial charge in [0, 0.05) is 31.7 Å². The first-order valence-electron chi connectivity index (χ1n) is 8.20. The minimum atomic E-state index is -2.92. The molecule has 1 saturated heterocycles. The van der Waals surface area contributed by atoms with Crippen LogP contribution in [0.25, 0.3) is 11.4 Å². The van der Waals surface area contributed by atoms with E-state index in [1.54, 1.807) is 6.20 Å². The Hall–Kier alpha value is -1.29. The summed E-state index contributed by atoms with van der Waals surface area (Å²) in [5.74, 6) is 1.19. The van der Waals surface area contributed by atoms with Crippen molar-refractivity contribution in [3.63, 3.8) is 0 Å². The molecule has 2 aromatic rings. The highest BCUT2D eigenvalue weighted by molar-refractivity contribution is 14.1. The fourth-order valence-electron chi connectivity index (χ4n) is 3.14. The first-order chi connectivity index (χ1) is 11.8. The first-order valence-corrected chi connectivity index (χ1v) is 11.3. The van der Waals surface area contributed by atoms with Crippen LogP contribution in [0.4, 0.5) is 5.95 Å². The lowest BCUT2D eigenvalue weighted by atomic mass is 9.99. The van der Waals surface area contributed by atoms with E-state index >= 15 is 0 Å². The summed E-state index contributed by atoms with van der Waals surface area (Å²) in [5.41, 5.74) is 2.81. The number of hydrogen-bond donors (Lipinski definition) is 0. The molecule has 3 rings (SSSR count). The Balaban J connectivity index is 1.79. The first kappa shape index (κ1) is 18.5. The zero-order valence-electron chi connectivity index (χ0n) is 14.3. The van der Waals surface area contributed by atoms with Crippen molar-refractivity contribution in [2.45, 2.75) is 19.8 Å². The van der Waals surface area contributed by atoms with Crippen molar-refractivity contribution in [1.82, 2.24) is 15.0 Å². The molecule has 2 aromatic heterocycles. The molecule has 8 heteroatoms. The molecule has 134 valence electrons. The molecule has 0 spiro atoms. The van der Waals surface area contributed by atoms with Crippen LogP contribution in [-0.2, 0) is 9.84 Å². The molecular weight excluding hydrogens is 451 g/mol. The van der Waals surface area contributed by atoms with E-state index in [2.05, 4.69) is 37.5 Å². The van der Waals surface area contributed by atoms with E-state index in [9.17, 15) is 8.42 Å². The summed E-state index contributed by atoms with van der Waals surface area (Å²) < 4.78 is 23.9. The Kier molecular flexibility index (Phi) is 5.57. The Morgan fingerprint density at radius 1 is 1.24 bits per heavy atom. The number of rotatable bonds is 4. The zero-order valence-corrected chi connectivity index (χ0v) is 17.3. The normalized spacial score (nSPS) is 16.2. The average Bonchev–Trinajstić information content (AvgIpc) is 2.55. The van der Waals surface area contributed by atoms with Crippen LogP contribution in [0.2, 0.25) is 0 Å². The van der Waals surface area contributed by atoms with Gasteiger partial charge in [-0.15, -0.1) is 0 Å². The molecule has 1 aliphatic rings. The van der Waals surface area contributed by atoms with Crippen LogP contribution >= 0.6 is 22.6 Å². The van der Waals surface area contributed by atoms with Gasteiger partial charge >= 0.3 is 0 Å². The summed E-state index contributed by atoms with van der Waals surface area (Å²) in [4.78, 5) is 15.8. The van der Waals surface area contributed by atoms with Crippen molar-refractivity contribution in [2.24, 2.45) is 5.92 Å². The number of hydrogen-bond acceptors (Lipinski definition) is 6. The van der Waals surface area contributed by atoms with Gasteiger partial charge in [0.25, 0.3) is 0 Å². The van der Waals surface area contributed by atoms with Crippen LogP contribution in [0.1, 0.15) is 18.4 Å². The van der Waals surface area contributed by atoms with Crippen molar-refractivity contribution in [3.05, 3.63) is 33.7 Å². The van der Waals surface area contributed by atoms with Crippen LogP contribution in [0.15, 0.2) is 24.5 Å². The van der Waals surface area contributed by atoms with Gasteiger partial charge in [0.15, 0.2) is 0 Å². The number of sulfone groups is 1. The number of aromatic nitrogens is 3. The summed E-state index contributed by atoms with van der Waals surface area (Å²) >= 11 is 2.24. The summed E-state index contributed by atoms with van der Waals surface area (Å²) in [6.45, 7) is 3.58. The fourth-order valence-corrected chi connectivity index (χ4v) is 4.84. The van der Waals surface area contributed by atoms with Crippen LogP contribution in [-0.4, -0.2) is 48.5 Å². The second-order valence-electron chi connectivity index (χ2n) is 6.56. The lowest BCUT2D eigenvalue weighted by Gasteiger charge is -2.31. The van der Waals surface area contributed by atoms with Gasteiger partial charge in [-0.3, -0.25) is 4.98 Å². The molecule has 1 aliphatic heterocycles. The molecule has 0 atom stereocenters. The molecular formula is C17H21IN4O2S. The predicted octanol–water partition coefficient (Wildman–Crippen LogP) is 2.71. The molecule has 25 heavy (non-hydrogen) atoms. The van der Waals surface area contributed by atoms with Gasteiger partial charge in [0.2, 0.25) is 5.95 Å². The van der Waals surface area contributed by atoms with Crippen LogP contribution < -0.4 is 4.90 Å². The second-order valence-corrected chi connectivity index (χ2v) is 9.91. The third-order valence-electron chi connectivity index (χ3n) is 4.40. The third kappa shape index (κ3) is 4.66. The van der Waals surface area contributed by atoms with Crippen molar-refractivity contribution in [3.8, 4) is 11.4 Å². The van der Waals surface area contributed by atoms with Crippen LogP contribution in [0.5, 0.6) is 0 Å². The molecule has 1 fully saturated rings. The van der Waals surface area contributed by atoms with E-state index in [0.717, 1.165) is 46.5 Å². The van der Waals surface area contributed by atoms with Gasteiger partial charge in [-0.1, -0.05) is 6.07 Å². The number of aryl methyl sites for hydroxylation is 1. The van der Waals surface area contributed by atoms with E-state index in [0.29, 0.717) is 5.95 Å². The maximum absolute atomic E-state index is 11.5. The molecule has 0 saturated carbocycles. The Labute approximate surface area is 162 Å². The van der Waals surface area contributed by atoms with Crippen molar-refractivity contribution in [2.75, 3.05) is 30.0 Å². The van der Waals surface area contributed by atoms with Crippen molar-refractivity contribution < 1.29 is 8.42 Å². The smallest absolute Gasteiger partial charge is 0.225 e. The van der Waals surface area contributed by atoms with Crippen molar-refractivity contribution in [1.29, 1.82) is 0 Å². The number of nitrogens with zero attached hydrogens (tertiary/aromatic N) is 4. The van der Waals surface area contributed by atoms with E-state index in [1.807, 2.05) is 25.3 Å². The highest BCUT2D eigenvalue weighted by Gasteiger charge is 2.24. The quantitative estimate of drug-likeness (QED) is 0.638. The molecule has 6 nitrogen and oxygen atoms in total. The van der Waals surface area contributed by atoms with E-state index < -0.39 is 9.84 Å². The SMILES string of the molecule is Cc1cccnc1-c1nc(N2CCC(CS(C)(=O)=O)CC2)ncc1I. The molecule has 0 unspecified atom stereocenters. The van der Waals surface area contributed by atoms with Crippen LogP contribution in [0, 0.1) is 16.4 Å². The molecule has 0 bridgehead atoms. The van der Waals surface area contributed by atoms with Crippen LogP contribution in [0.3, 0.4) is 0 Å². The van der Waals surface area contributed by atoms with Gasteiger partial charge in [0.05, 0.1) is 15.0 Å². The van der Waals surface area contributed by atoms with Gasteiger partial charge in [-0.25, -0.2) is 18.4 Å². The maximum Gasteiger partial charge on any atom is 0.225 e. The van der Waals surface area contributed by atoms with E-state index in [4.69, 9.17) is 4.98 Å². The van der Waals surface area contributed by atoms with E-state index in [-0.39, 0.29) is 11.7 Å². The highest BCUT2D eigenvalue weighted by atomic mass is 127. The summed E-state index contributed by atoms with van der Waals surface area (Å²) in [6.07, 6.45) is 6.61. The van der Waals surface area contributed by atoms with Crippen molar-refractivity contribution >= 4 is 38.4 Å². The summed E-state index contributed by atoms with van der Waals surface area (Å²) in [5, 5.41) is 0. The van der Waals surface area contributed by atoms with Gasteiger partial charge in [-0.2, -0.15) is 0 Å². The van der Waals surface area contributed by atoms with Gasteiger partial charge < -0.3 is 4.90 Å². The number of pyridine rings is 1. The molecule has 0 radical (unpaired) electrons. The van der Waals surface area contributed by atoms with Gasteiger partial charge in [-0.05, 0) is 59.9 Å². The monoisotopic (exact) mass is 472 g/mol. The Bertz CT molecular complexity index is 865. The lowest BCUT2D eigenvalue weighted by molar-refractivity contribution is 0.433. The molecule has 0 aromatic carbocycles. The molecule has 3 heterocycles. The second kappa shape index (κ2) is 7.53. The molecule has 0 N–H and O–H groups in total. The lowest BCUT2D eigenvalue weighted by Crippen LogP contribution is -2.37. The van der Waals surface area contributed by atoms with Gasteiger partial charge in [0.1, 0.15) is 15.5 Å². The Morgan fingerprint density at radius 2 is 1.96 bits per heavy atom. The summed E-state index contributed by atoms with van der Waals surface area (Å²) in [7, 11) is -2.92. The number of halogens is 1. The summed E-state index contributed by atoms with van der Waals surface area (Å²) in [6, 6.07) is 3.94. The average molecular weight is 472 g/mol. The minimum absolute atomic E-state index is 0.229. The topological polar surface area (TPSA) is 76.1 Å². The number of piperidine rings is 1. The predicted molar refractivity (Wildman–Crippen MR) is 107 cm³/mol. The Morgan fingerprint density at radius 3 is 2.60 bits per heavy atom. The van der Waals surface area contributed by atoms with E-state index in [1.165, 1.54) is 6.26 Å². The highest BCUT2D eigenvalue weighted by Crippen LogP contribution is 2.27. The third-order valence-corrected chi connectivity index (χ3v) is 6.27. The minimum Gasteiger partial charge on any atom is -0.341 e. The standard InChI is InChI=1S/C17H21IN4O2S/c1-12-4-3-7-19-15(12)16-14(18)10-20-17(21-16)22-8-5-13(6-9-22)11-25(2,23)24/h3-4,7,10,13H,5-6,8-9,11H2,1-2H3. The zero-order chi connectivity index (χ0) is 18.0. The maximum atomic E-state index is 11.5. The molecule has 0 amide bonds. The fraction of sp³-hybridized carbons (Fsp3) is 0.471. The largest absolute Gasteiger partial charge is 0.341 e.